The molecule has 0 aliphatic rings. The van der Waals surface area contributed by atoms with Crippen LogP contribution in [0.4, 0.5) is 13.2 Å². The van der Waals surface area contributed by atoms with Gasteiger partial charge in [-0.3, -0.25) is 9.50 Å². The van der Waals surface area contributed by atoms with Crippen molar-refractivity contribution < 1.29 is 13.2 Å². The minimum absolute atomic E-state index is 0.184. The van der Waals surface area contributed by atoms with E-state index in [1.807, 2.05) is 16.7 Å². The molecule has 5 aromatic rings. The van der Waals surface area contributed by atoms with Crippen LogP contribution in [0.2, 0.25) is 0 Å². The Morgan fingerprint density at radius 1 is 0.828 bits per heavy atom. The van der Waals surface area contributed by atoms with Gasteiger partial charge in [-0.25, -0.2) is 18.2 Å². The fourth-order valence-corrected chi connectivity index (χ4v) is 3.40. The van der Waals surface area contributed by atoms with Crippen molar-refractivity contribution in [2.75, 3.05) is 0 Å². The second kappa shape index (κ2) is 6.63. The van der Waals surface area contributed by atoms with Gasteiger partial charge in [0.2, 0.25) is 0 Å². The van der Waals surface area contributed by atoms with E-state index < -0.39 is 11.6 Å². The lowest BCUT2D eigenvalue weighted by Gasteiger charge is -2.08. The van der Waals surface area contributed by atoms with E-state index in [9.17, 15) is 13.2 Å². The number of nitrogens with zero attached hydrogens (tertiary/aromatic N) is 3. The van der Waals surface area contributed by atoms with E-state index in [0.717, 1.165) is 11.3 Å². The van der Waals surface area contributed by atoms with E-state index in [-0.39, 0.29) is 17.1 Å². The van der Waals surface area contributed by atoms with Gasteiger partial charge in [-0.1, -0.05) is 6.07 Å². The highest BCUT2D eigenvalue weighted by Crippen LogP contribution is 2.34. The zero-order valence-corrected chi connectivity index (χ0v) is 14.9. The molecular weight excluding hydrogens is 377 g/mol. The summed E-state index contributed by atoms with van der Waals surface area (Å²) in [6, 6.07) is 13.4. The molecule has 3 aromatic heterocycles. The first kappa shape index (κ1) is 17.2. The molecule has 7 heteroatoms. The molecule has 0 unspecified atom stereocenters. The van der Waals surface area contributed by atoms with E-state index in [1.54, 1.807) is 30.6 Å². The molecule has 0 spiro atoms. The maximum absolute atomic E-state index is 14.3. The molecule has 0 atom stereocenters. The SMILES string of the molecule is Fc1ccc(-c2cnc3ccc(-c4c[nH]nc4-c4c(F)cccc4F)cn23)cc1. The molecule has 29 heavy (non-hydrogen) atoms. The van der Waals surface area contributed by atoms with Crippen molar-refractivity contribution in [3.63, 3.8) is 0 Å². The number of aromatic nitrogens is 4. The Kier molecular flexibility index (Phi) is 3.94. The zero-order chi connectivity index (χ0) is 20.0. The molecular formula is C22H13F3N4. The molecule has 5 rings (SSSR count). The summed E-state index contributed by atoms with van der Waals surface area (Å²) in [7, 11) is 0. The van der Waals surface area contributed by atoms with Crippen LogP contribution in [0, 0.1) is 17.5 Å². The molecule has 1 N–H and O–H groups in total. The largest absolute Gasteiger partial charge is 0.299 e. The number of aromatic amines is 1. The Balaban J connectivity index is 1.67. The molecule has 0 fully saturated rings. The minimum atomic E-state index is -0.686. The summed E-state index contributed by atoms with van der Waals surface area (Å²) in [4.78, 5) is 4.37. The average Bonchev–Trinajstić information content (AvgIpc) is 3.35. The average molecular weight is 390 g/mol. The van der Waals surface area contributed by atoms with E-state index >= 15 is 0 Å². The Morgan fingerprint density at radius 2 is 1.55 bits per heavy atom. The van der Waals surface area contributed by atoms with Crippen LogP contribution in [-0.4, -0.2) is 19.6 Å². The van der Waals surface area contributed by atoms with Crippen LogP contribution < -0.4 is 0 Å². The molecule has 2 aromatic carbocycles. The molecule has 4 nitrogen and oxygen atoms in total. The van der Waals surface area contributed by atoms with Gasteiger partial charge in [0.1, 0.15) is 28.8 Å². The number of nitrogens with one attached hydrogen (secondary N) is 1. The summed E-state index contributed by atoms with van der Waals surface area (Å²) < 4.78 is 43.7. The predicted molar refractivity (Wildman–Crippen MR) is 104 cm³/mol. The van der Waals surface area contributed by atoms with Gasteiger partial charge in [0.15, 0.2) is 0 Å². The Hall–Kier alpha value is -3.87. The van der Waals surface area contributed by atoms with Crippen molar-refractivity contribution >= 4 is 5.65 Å². The van der Waals surface area contributed by atoms with Gasteiger partial charge in [0.25, 0.3) is 0 Å². The van der Waals surface area contributed by atoms with Gasteiger partial charge in [0.05, 0.1) is 17.5 Å². The van der Waals surface area contributed by atoms with Crippen molar-refractivity contribution in [3.05, 3.63) is 90.6 Å². The monoisotopic (exact) mass is 390 g/mol. The van der Waals surface area contributed by atoms with Gasteiger partial charge < -0.3 is 0 Å². The smallest absolute Gasteiger partial charge is 0.137 e. The van der Waals surface area contributed by atoms with Gasteiger partial charge in [0, 0.05) is 29.1 Å². The van der Waals surface area contributed by atoms with Crippen LogP contribution in [0.1, 0.15) is 0 Å². The number of rotatable bonds is 3. The summed E-state index contributed by atoms with van der Waals surface area (Å²) in [5.41, 5.74) is 3.50. The third-order valence-electron chi connectivity index (χ3n) is 4.80. The van der Waals surface area contributed by atoms with Crippen LogP contribution >= 0.6 is 0 Å². The van der Waals surface area contributed by atoms with Crippen molar-refractivity contribution in [2.24, 2.45) is 0 Å². The highest BCUT2D eigenvalue weighted by Gasteiger charge is 2.19. The summed E-state index contributed by atoms with van der Waals surface area (Å²) in [6.07, 6.45) is 5.10. The first-order chi connectivity index (χ1) is 14.1. The van der Waals surface area contributed by atoms with Crippen LogP contribution in [0.3, 0.4) is 0 Å². The topological polar surface area (TPSA) is 46.0 Å². The quantitative estimate of drug-likeness (QED) is 0.444. The Labute approximate surface area is 163 Å². The van der Waals surface area contributed by atoms with Gasteiger partial charge >= 0.3 is 0 Å². The third-order valence-corrected chi connectivity index (χ3v) is 4.80. The van der Waals surface area contributed by atoms with Gasteiger partial charge in [-0.15, -0.1) is 0 Å². The van der Waals surface area contributed by atoms with Crippen molar-refractivity contribution in [1.29, 1.82) is 0 Å². The number of hydrogen-bond acceptors (Lipinski definition) is 2. The maximum atomic E-state index is 14.3. The number of benzene rings is 2. The van der Waals surface area contributed by atoms with Crippen molar-refractivity contribution in [1.82, 2.24) is 19.6 Å². The molecule has 0 saturated heterocycles. The highest BCUT2D eigenvalue weighted by molar-refractivity contribution is 5.81. The number of pyridine rings is 1. The first-order valence-electron chi connectivity index (χ1n) is 8.83. The van der Waals surface area contributed by atoms with Crippen LogP contribution in [0.25, 0.3) is 39.3 Å². The highest BCUT2D eigenvalue weighted by atomic mass is 19.1. The van der Waals surface area contributed by atoms with Crippen molar-refractivity contribution in [2.45, 2.75) is 0 Å². The molecule has 0 amide bonds. The van der Waals surface area contributed by atoms with Crippen molar-refractivity contribution in [3.8, 4) is 33.6 Å². The lowest BCUT2D eigenvalue weighted by molar-refractivity contribution is 0.588. The maximum Gasteiger partial charge on any atom is 0.137 e. The van der Waals surface area contributed by atoms with Gasteiger partial charge in [-0.05, 0) is 48.5 Å². The number of halogens is 3. The number of imidazole rings is 1. The lowest BCUT2D eigenvalue weighted by Crippen LogP contribution is -1.94. The van der Waals surface area contributed by atoms with E-state index in [4.69, 9.17) is 0 Å². The zero-order valence-electron chi connectivity index (χ0n) is 14.9. The molecule has 0 bridgehead atoms. The Morgan fingerprint density at radius 3 is 2.31 bits per heavy atom. The second-order valence-corrected chi connectivity index (χ2v) is 6.54. The molecule has 0 saturated carbocycles. The van der Waals surface area contributed by atoms with E-state index in [2.05, 4.69) is 15.2 Å². The third kappa shape index (κ3) is 2.87. The summed E-state index contributed by atoms with van der Waals surface area (Å²) in [5.74, 6) is -1.69. The number of hydrogen-bond donors (Lipinski definition) is 1. The van der Waals surface area contributed by atoms with E-state index in [1.165, 1.54) is 30.3 Å². The fraction of sp³-hybridized carbons (Fsp3) is 0. The summed E-state index contributed by atoms with van der Waals surface area (Å²) >= 11 is 0. The Bertz CT molecular complexity index is 1320. The second-order valence-electron chi connectivity index (χ2n) is 6.54. The van der Waals surface area contributed by atoms with E-state index in [0.29, 0.717) is 16.8 Å². The molecule has 0 radical (unpaired) electrons. The lowest BCUT2D eigenvalue weighted by atomic mass is 10.0. The molecule has 0 aliphatic heterocycles. The van der Waals surface area contributed by atoms with Crippen LogP contribution in [0.5, 0.6) is 0 Å². The summed E-state index contributed by atoms with van der Waals surface area (Å²) in [5, 5.41) is 6.77. The van der Waals surface area contributed by atoms with Crippen LogP contribution in [0.15, 0.2) is 73.2 Å². The fourth-order valence-electron chi connectivity index (χ4n) is 3.40. The normalized spacial score (nSPS) is 11.3. The molecule has 142 valence electrons. The number of fused-ring (bicyclic) bond motifs is 1. The van der Waals surface area contributed by atoms with Gasteiger partial charge in [-0.2, -0.15) is 5.10 Å². The summed E-state index contributed by atoms with van der Waals surface area (Å²) in [6.45, 7) is 0. The minimum Gasteiger partial charge on any atom is -0.299 e. The number of H-pyrrole nitrogens is 1. The predicted octanol–water partition coefficient (Wildman–Crippen LogP) is 5.48. The van der Waals surface area contributed by atoms with Crippen LogP contribution in [-0.2, 0) is 0 Å². The molecule has 3 heterocycles. The standard InChI is InChI=1S/C22H13F3N4/c23-15-7-4-13(5-8-15)19-11-26-20-9-6-14(12-29(19)20)16-10-27-28-22(16)21-17(24)2-1-3-18(21)25/h1-12H,(H,27,28). The first-order valence-corrected chi connectivity index (χ1v) is 8.83. The molecule has 0 aliphatic carbocycles.